The molecule has 0 radical (unpaired) electrons. The van der Waals surface area contributed by atoms with Crippen LogP contribution in [0.4, 0.5) is 0 Å². The molecule has 1 heterocycles. The van der Waals surface area contributed by atoms with Crippen molar-refractivity contribution in [2.75, 3.05) is 13.6 Å². The topological polar surface area (TPSA) is 41.6 Å². The summed E-state index contributed by atoms with van der Waals surface area (Å²) >= 11 is 0. The van der Waals surface area contributed by atoms with Crippen LogP contribution in [0.2, 0.25) is 0 Å². The second-order valence-electron chi connectivity index (χ2n) is 4.56. The minimum atomic E-state index is -0.0869. The van der Waals surface area contributed by atoms with Crippen LogP contribution in [0, 0.1) is 0 Å². The summed E-state index contributed by atoms with van der Waals surface area (Å²) in [6, 6.07) is 8.73. The van der Waals surface area contributed by atoms with Gasteiger partial charge >= 0.3 is 0 Å². The number of hydrogen-bond acceptors (Lipinski definition) is 3. The van der Waals surface area contributed by atoms with E-state index in [0.29, 0.717) is 5.96 Å². The third-order valence-corrected chi connectivity index (χ3v) is 3.62. The van der Waals surface area contributed by atoms with Gasteiger partial charge in [0.05, 0.1) is 12.1 Å². The van der Waals surface area contributed by atoms with Gasteiger partial charge < -0.3 is 10.6 Å². The Morgan fingerprint density at radius 2 is 2.00 bits per heavy atom. The van der Waals surface area contributed by atoms with Crippen molar-refractivity contribution in [2.45, 2.75) is 25.8 Å². The first-order chi connectivity index (χ1) is 7.58. The summed E-state index contributed by atoms with van der Waals surface area (Å²) in [6.45, 7) is 5.08. The SMILES string of the molecule is CCc1ccc(C2(C)CN=C(N)N2C)cc1. The van der Waals surface area contributed by atoms with Gasteiger partial charge in [0.15, 0.2) is 5.96 Å². The van der Waals surface area contributed by atoms with Gasteiger partial charge in [0, 0.05) is 7.05 Å². The molecule has 0 bridgehead atoms. The Labute approximate surface area is 97.0 Å². The lowest BCUT2D eigenvalue weighted by Gasteiger charge is -2.33. The highest BCUT2D eigenvalue weighted by Gasteiger charge is 2.36. The van der Waals surface area contributed by atoms with E-state index in [-0.39, 0.29) is 5.54 Å². The number of hydrogen-bond donors (Lipinski definition) is 1. The molecule has 1 aromatic carbocycles. The number of benzene rings is 1. The van der Waals surface area contributed by atoms with Gasteiger partial charge in [-0.15, -0.1) is 0 Å². The fraction of sp³-hybridized carbons (Fsp3) is 0.462. The van der Waals surface area contributed by atoms with Gasteiger partial charge in [-0.05, 0) is 24.5 Å². The maximum absolute atomic E-state index is 5.82. The smallest absolute Gasteiger partial charge is 0.191 e. The van der Waals surface area contributed by atoms with Crippen LogP contribution in [-0.4, -0.2) is 24.5 Å². The zero-order valence-electron chi connectivity index (χ0n) is 10.2. The number of guanidine groups is 1. The third-order valence-electron chi connectivity index (χ3n) is 3.62. The average molecular weight is 217 g/mol. The largest absolute Gasteiger partial charge is 0.370 e. The number of nitrogens with zero attached hydrogens (tertiary/aromatic N) is 2. The molecule has 0 saturated carbocycles. The van der Waals surface area contributed by atoms with E-state index in [0.717, 1.165) is 13.0 Å². The molecule has 2 N–H and O–H groups in total. The number of likely N-dealkylation sites (N-methyl/N-ethyl adjacent to an activating group) is 1. The summed E-state index contributed by atoms with van der Waals surface area (Å²) in [5, 5.41) is 0. The first-order valence-electron chi connectivity index (χ1n) is 5.71. The van der Waals surface area contributed by atoms with Crippen LogP contribution < -0.4 is 5.73 Å². The highest BCUT2D eigenvalue weighted by molar-refractivity contribution is 5.80. The fourth-order valence-corrected chi connectivity index (χ4v) is 2.08. The van der Waals surface area contributed by atoms with Crippen LogP contribution in [0.1, 0.15) is 25.0 Å². The Hall–Kier alpha value is -1.51. The standard InChI is InChI=1S/C13H19N3/c1-4-10-5-7-11(8-6-10)13(2)9-15-12(14)16(13)3/h5-8H,4,9H2,1-3H3,(H2,14,15). The fourth-order valence-electron chi connectivity index (χ4n) is 2.08. The molecule has 3 nitrogen and oxygen atoms in total. The van der Waals surface area contributed by atoms with Crippen LogP contribution in [-0.2, 0) is 12.0 Å². The first kappa shape index (κ1) is 11.0. The quantitative estimate of drug-likeness (QED) is 0.819. The number of aryl methyl sites for hydroxylation is 1. The monoisotopic (exact) mass is 217 g/mol. The van der Waals surface area contributed by atoms with Crippen LogP contribution in [0.3, 0.4) is 0 Å². The van der Waals surface area contributed by atoms with Crippen molar-refractivity contribution in [1.29, 1.82) is 0 Å². The molecule has 1 unspecified atom stereocenters. The van der Waals surface area contributed by atoms with Crippen molar-refractivity contribution in [3.05, 3.63) is 35.4 Å². The van der Waals surface area contributed by atoms with Crippen molar-refractivity contribution in [3.8, 4) is 0 Å². The lowest BCUT2D eigenvalue weighted by atomic mass is 9.90. The Morgan fingerprint density at radius 3 is 2.44 bits per heavy atom. The van der Waals surface area contributed by atoms with Crippen molar-refractivity contribution in [3.63, 3.8) is 0 Å². The molecule has 16 heavy (non-hydrogen) atoms. The maximum atomic E-state index is 5.82. The molecule has 1 aliphatic heterocycles. The molecule has 2 rings (SSSR count). The molecule has 0 amide bonds. The molecule has 0 saturated heterocycles. The molecule has 86 valence electrons. The van der Waals surface area contributed by atoms with Crippen LogP contribution in [0.5, 0.6) is 0 Å². The van der Waals surface area contributed by atoms with E-state index >= 15 is 0 Å². The van der Waals surface area contributed by atoms with E-state index in [1.165, 1.54) is 11.1 Å². The van der Waals surface area contributed by atoms with Gasteiger partial charge in [-0.1, -0.05) is 31.2 Å². The van der Waals surface area contributed by atoms with E-state index in [4.69, 9.17) is 5.73 Å². The van der Waals surface area contributed by atoms with Gasteiger partial charge in [-0.2, -0.15) is 0 Å². The highest BCUT2D eigenvalue weighted by Crippen LogP contribution is 2.31. The molecule has 0 spiro atoms. The summed E-state index contributed by atoms with van der Waals surface area (Å²) in [5.41, 5.74) is 8.37. The third kappa shape index (κ3) is 1.56. The van der Waals surface area contributed by atoms with Gasteiger partial charge in [-0.3, -0.25) is 4.99 Å². The van der Waals surface area contributed by atoms with Crippen molar-refractivity contribution in [1.82, 2.24) is 4.90 Å². The zero-order valence-corrected chi connectivity index (χ0v) is 10.2. The van der Waals surface area contributed by atoms with Crippen LogP contribution >= 0.6 is 0 Å². The summed E-state index contributed by atoms with van der Waals surface area (Å²) in [7, 11) is 2.00. The second-order valence-corrected chi connectivity index (χ2v) is 4.56. The lowest BCUT2D eigenvalue weighted by molar-refractivity contribution is 0.267. The van der Waals surface area contributed by atoms with Gasteiger partial charge in [0.1, 0.15) is 0 Å². The van der Waals surface area contributed by atoms with E-state index in [1.807, 2.05) is 11.9 Å². The Kier molecular flexibility index (Phi) is 2.62. The zero-order chi connectivity index (χ0) is 11.8. The van der Waals surface area contributed by atoms with Crippen molar-refractivity contribution >= 4 is 5.96 Å². The predicted octanol–water partition coefficient (Wildman–Crippen LogP) is 1.72. The molecular formula is C13H19N3. The van der Waals surface area contributed by atoms with Crippen LogP contribution in [0.15, 0.2) is 29.3 Å². The summed E-state index contributed by atoms with van der Waals surface area (Å²) in [6.07, 6.45) is 1.07. The lowest BCUT2D eigenvalue weighted by Crippen LogP contribution is -2.44. The summed E-state index contributed by atoms with van der Waals surface area (Å²) in [5.74, 6) is 0.627. The molecular weight excluding hydrogens is 198 g/mol. The molecule has 0 fully saturated rings. The second kappa shape index (κ2) is 3.81. The maximum Gasteiger partial charge on any atom is 0.191 e. The highest BCUT2D eigenvalue weighted by atomic mass is 15.3. The van der Waals surface area contributed by atoms with E-state index in [2.05, 4.69) is 43.1 Å². The summed E-state index contributed by atoms with van der Waals surface area (Å²) in [4.78, 5) is 6.36. The summed E-state index contributed by atoms with van der Waals surface area (Å²) < 4.78 is 0. The van der Waals surface area contributed by atoms with Gasteiger partial charge in [-0.25, -0.2) is 0 Å². The Morgan fingerprint density at radius 1 is 1.38 bits per heavy atom. The molecule has 1 atom stereocenters. The predicted molar refractivity (Wildman–Crippen MR) is 67.4 cm³/mol. The number of aliphatic imine (C=N–C) groups is 1. The van der Waals surface area contributed by atoms with Crippen molar-refractivity contribution < 1.29 is 0 Å². The minimum absolute atomic E-state index is 0.0869. The first-order valence-corrected chi connectivity index (χ1v) is 5.71. The molecule has 1 aliphatic rings. The number of nitrogens with two attached hydrogens (primary N) is 1. The van der Waals surface area contributed by atoms with E-state index in [1.54, 1.807) is 0 Å². The van der Waals surface area contributed by atoms with Crippen molar-refractivity contribution in [2.24, 2.45) is 10.7 Å². The van der Waals surface area contributed by atoms with Gasteiger partial charge in [0.25, 0.3) is 0 Å². The van der Waals surface area contributed by atoms with E-state index < -0.39 is 0 Å². The van der Waals surface area contributed by atoms with E-state index in [9.17, 15) is 0 Å². The number of rotatable bonds is 2. The molecule has 0 aliphatic carbocycles. The molecule has 0 aromatic heterocycles. The molecule has 3 heteroatoms. The minimum Gasteiger partial charge on any atom is -0.370 e. The Bertz CT molecular complexity index is 408. The van der Waals surface area contributed by atoms with Crippen LogP contribution in [0.25, 0.3) is 0 Å². The molecule has 1 aromatic rings. The Balaban J connectivity index is 2.30. The average Bonchev–Trinajstić information content (AvgIpc) is 2.59. The normalized spacial score (nSPS) is 24.7. The van der Waals surface area contributed by atoms with Gasteiger partial charge in [0.2, 0.25) is 0 Å².